The third-order valence-corrected chi connectivity index (χ3v) is 5.58. The summed E-state index contributed by atoms with van der Waals surface area (Å²) in [6.07, 6.45) is 0. The molecule has 0 spiro atoms. The van der Waals surface area contributed by atoms with Gasteiger partial charge >= 0.3 is 0 Å². The Balaban J connectivity index is 1.38. The average Bonchev–Trinajstić information content (AvgIpc) is 3.16. The number of nitrogens with zero attached hydrogens (tertiary/aromatic N) is 3. The Bertz CT molecular complexity index is 920. The summed E-state index contributed by atoms with van der Waals surface area (Å²) in [7, 11) is 1.84. The molecular weight excluding hydrogens is 374 g/mol. The molecule has 0 bridgehead atoms. The van der Waals surface area contributed by atoms with Gasteiger partial charge in [0.25, 0.3) is 5.22 Å². The number of thioether (sulfide) groups is 1. The minimum absolute atomic E-state index is 0.0454. The van der Waals surface area contributed by atoms with E-state index in [2.05, 4.69) is 22.0 Å². The number of anilines is 1. The molecule has 2 heterocycles. The van der Waals surface area contributed by atoms with Crippen molar-refractivity contribution in [2.24, 2.45) is 0 Å². The van der Waals surface area contributed by atoms with Crippen LogP contribution in [0.25, 0.3) is 11.1 Å². The molecule has 0 saturated carbocycles. The van der Waals surface area contributed by atoms with E-state index in [1.54, 1.807) is 4.90 Å². The molecule has 1 aromatic heterocycles. The van der Waals surface area contributed by atoms with E-state index in [1.165, 1.54) is 17.4 Å². The van der Waals surface area contributed by atoms with Gasteiger partial charge in [-0.05, 0) is 23.8 Å². The zero-order valence-electron chi connectivity index (χ0n) is 15.8. The van der Waals surface area contributed by atoms with E-state index < -0.39 is 0 Å². The summed E-state index contributed by atoms with van der Waals surface area (Å²) in [5, 5.41) is 0.525. The number of hydrogen-bond acceptors (Lipinski definition) is 6. The SMILES string of the molecule is CN(Cc1ccccc1N1CCOCC1)C(=O)CSc1nc2ccccc2o1. The minimum atomic E-state index is 0.0454. The maximum Gasteiger partial charge on any atom is 0.257 e. The third kappa shape index (κ3) is 4.31. The molecule has 0 unspecified atom stereocenters. The highest BCUT2D eigenvalue weighted by Gasteiger charge is 2.18. The summed E-state index contributed by atoms with van der Waals surface area (Å²) >= 11 is 1.33. The summed E-state index contributed by atoms with van der Waals surface area (Å²) in [6, 6.07) is 15.9. The highest BCUT2D eigenvalue weighted by Crippen LogP contribution is 2.25. The predicted molar refractivity (Wildman–Crippen MR) is 111 cm³/mol. The van der Waals surface area contributed by atoms with Gasteiger partial charge < -0.3 is 19.0 Å². The van der Waals surface area contributed by atoms with Gasteiger partial charge in [-0.3, -0.25) is 4.79 Å². The summed E-state index contributed by atoms with van der Waals surface area (Å²) < 4.78 is 11.1. The molecule has 3 aromatic rings. The lowest BCUT2D eigenvalue weighted by molar-refractivity contribution is -0.127. The second-order valence-corrected chi connectivity index (χ2v) is 7.64. The fraction of sp³-hybridized carbons (Fsp3) is 0.333. The van der Waals surface area contributed by atoms with Gasteiger partial charge in [0.1, 0.15) is 5.52 Å². The molecule has 1 saturated heterocycles. The molecule has 28 heavy (non-hydrogen) atoms. The normalized spacial score (nSPS) is 14.4. The van der Waals surface area contributed by atoms with Gasteiger partial charge in [-0.15, -0.1) is 0 Å². The molecule has 0 N–H and O–H groups in total. The number of amides is 1. The molecule has 0 radical (unpaired) electrons. The lowest BCUT2D eigenvalue weighted by atomic mass is 10.1. The van der Waals surface area contributed by atoms with Gasteiger partial charge in [-0.1, -0.05) is 42.1 Å². The van der Waals surface area contributed by atoms with Crippen LogP contribution in [0.3, 0.4) is 0 Å². The predicted octanol–water partition coefficient (Wildman–Crippen LogP) is 3.42. The zero-order chi connectivity index (χ0) is 19.3. The first-order chi connectivity index (χ1) is 13.7. The highest BCUT2D eigenvalue weighted by molar-refractivity contribution is 7.99. The van der Waals surface area contributed by atoms with E-state index in [1.807, 2.05) is 43.4 Å². The number of hydrogen-bond donors (Lipinski definition) is 0. The van der Waals surface area contributed by atoms with Crippen molar-refractivity contribution >= 4 is 34.5 Å². The van der Waals surface area contributed by atoms with Crippen molar-refractivity contribution in [2.75, 3.05) is 44.0 Å². The summed E-state index contributed by atoms with van der Waals surface area (Å²) in [4.78, 5) is 21.1. The van der Waals surface area contributed by atoms with Crippen LogP contribution in [0.1, 0.15) is 5.56 Å². The lowest BCUT2D eigenvalue weighted by Gasteiger charge is -2.31. The Morgan fingerprint density at radius 3 is 2.71 bits per heavy atom. The van der Waals surface area contributed by atoms with Crippen molar-refractivity contribution < 1.29 is 13.9 Å². The quantitative estimate of drug-likeness (QED) is 0.594. The van der Waals surface area contributed by atoms with Crippen molar-refractivity contribution in [1.82, 2.24) is 9.88 Å². The standard InChI is InChI=1S/C21H23N3O3S/c1-23(14-16-6-2-4-8-18(16)24-10-12-26-13-11-24)20(25)15-28-21-22-17-7-3-5-9-19(17)27-21/h2-9H,10-15H2,1H3. The maximum absolute atomic E-state index is 12.6. The molecule has 0 atom stereocenters. The highest BCUT2D eigenvalue weighted by atomic mass is 32.2. The number of morpholine rings is 1. The summed E-state index contributed by atoms with van der Waals surface area (Å²) in [5.41, 5.74) is 3.87. The first-order valence-electron chi connectivity index (χ1n) is 9.33. The van der Waals surface area contributed by atoms with Crippen molar-refractivity contribution in [3.8, 4) is 0 Å². The number of fused-ring (bicyclic) bond motifs is 1. The first-order valence-corrected chi connectivity index (χ1v) is 10.3. The number of rotatable bonds is 6. The smallest absolute Gasteiger partial charge is 0.257 e. The first kappa shape index (κ1) is 18.8. The third-order valence-electron chi connectivity index (χ3n) is 4.77. The molecule has 1 amide bonds. The molecule has 1 aliphatic heterocycles. The molecule has 7 heteroatoms. The van der Waals surface area contributed by atoms with Crippen molar-refractivity contribution in [1.29, 1.82) is 0 Å². The molecule has 146 valence electrons. The molecule has 1 fully saturated rings. The van der Waals surface area contributed by atoms with Crippen LogP contribution in [-0.2, 0) is 16.1 Å². The number of benzene rings is 2. The fourth-order valence-electron chi connectivity index (χ4n) is 3.25. The van der Waals surface area contributed by atoms with Crippen LogP contribution in [-0.4, -0.2) is 54.9 Å². The Kier molecular flexibility index (Phi) is 5.83. The van der Waals surface area contributed by atoms with E-state index in [0.29, 0.717) is 17.5 Å². The van der Waals surface area contributed by atoms with Gasteiger partial charge in [0, 0.05) is 32.4 Å². The van der Waals surface area contributed by atoms with Crippen molar-refractivity contribution in [3.05, 3.63) is 54.1 Å². The number of ether oxygens (including phenoxy) is 1. The Morgan fingerprint density at radius 1 is 1.14 bits per heavy atom. The number of carbonyl (C=O) groups excluding carboxylic acids is 1. The van der Waals surface area contributed by atoms with Crippen molar-refractivity contribution in [3.63, 3.8) is 0 Å². The van der Waals surface area contributed by atoms with Crippen LogP contribution < -0.4 is 4.90 Å². The second kappa shape index (κ2) is 8.67. The topological polar surface area (TPSA) is 58.8 Å². The number of oxazole rings is 1. The van der Waals surface area contributed by atoms with Gasteiger partial charge in [0.15, 0.2) is 5.58 Å². The van der Waals surface area contributed by atoms with Crippen LogP contribution in [0.15, 0.2) is 58.2 Å². The average molecular weight is 398 g/mol. The minimum Gasteiger partial charge on any atom is -0.431 e. The van der Waals surface area contributed by atoms with Crippen LogP contribution in [0, 0.1) is 0 Å². The van der Waals surface area contributed by atoms with Crippen molar-refractivity contribution in [2.45, 2.75) is 11.8 Å². The van der Waals surface area contributed by atoms with Gasteiger partial charge in [-0.2, -0.15) is 0 Å². The molecule has 6 nitrogen and oxygen atoms in total. The second-order valence-electron chi connectivity index (χ2n) is 6.71. The number of carbonyl (C=O) groups is 1. The largest absolute Gasteiger partial charge is 0.431 e. The maximum atomic E-state index is 12.6. The monoisotopic (exact) mass is 397 g/mol. The van der Waals surface area contributed by atoms with Crippen LogP contribution >= 0.6 is 11.8 Å². The van der Waals surface area contributed by atoms with Crippen LogP contribution in [0.5, 0.6) is 0 Å². The Morgan fingerprint density at radius 2 is 1.89 bits per heavy atom. The molecule has 2 aromatic carbocycles. The fourth-order valence-corrected chi connectivity index (χ4v) is 4.03. The molecule has 1 aliphatic rings. The van der Waals surface area contributed by atoms with E-state index in [9.17, 15) is 4.79 Å². The van der Waals surface area contributed by atoms with Gasteiger partial charge in [0.2, 0.25) is 5.91 Å². The van der Waals surface area contributed by atoms with E-state index in [4.69, 9.17) is 9.15 Å². The Labute approximate surface area is 168 Å². The summed E-state index contributed by atoms with van der Waals surface area (Å²) in [6.45, 7) is 3.81. The van der Waals surface area contributed by atoms with E-state index in [-0.39, 0.29) is 5.91 Å². The number of aromatic nitrogens is 1. The molecule has 0 aliphatic carbocycles. The molecular formula is C21H23N3O3S. The van der Waals surface area contributed by atoms with Gasteiger partial charge in [-0.25, -0.2) is 4.98 Å². The van der Waals surface area contributed by atoms with E-state index in [0.717, 1.165) is 43.0 Å². The van der Waals surface area contributed by atoms with Crippen LogP contribution in [0.4, 0.5) is 5.69 Å². The number of para-hydroxylation sites is 3. The molecule has 4 rings (SSSR count). The van der Waals surface area contributed by atoms with Gasteiger partial charge in [0.05, 0.1) is 19.0 Å². The summed E-state index contributed by atoms with van der Waals surface area (Å²) in [5.74, 6) is 0.340. The van der Waals surface area contributed by atoms with Crippen LogP contribution in [0.2, 0.25) is 0 Å². The van der Waals surface area contributed by atoms with E-state index >= 15 is 0 Å². The lowest BCUT2D eigenvalue weighted by Crippen LogP contribution is -2.37. The Hall–Kier alpha value is -2.51. The zero-order valence-corrected chi connectivity index (χ0v) is 16.7.